The van der Waals surface area contributed by atoms with E-state index in [9.17, 15) is 8.42 Å². The quantitative estimate of drug-likeness (QED) is 0.418. The number of hydrogen-bond acceptors (Lipinski definition) is 4. The summed E-state index contributed by atoms with van der Waals surface area (Å²) < 4.78 is 35.1. The monoisotopic (exact) mass is 478 g/mol. The first-order chi connectivity index (χ1) is 16.4. The van der Waals surface area contributed by atoms with Gasteiger partial charge in [-0.25, -0.2) is 8.42 Å². The van der Waals surface area contributed by atoms with Crippen LogP contribution in [0.3, 0.4) is 0 Å². The van der Waals surface area contributed by atoms with E-state index in [2.05, 4.69) is 18.7 Å². The van der Waals surface area contributed by atoms with Gasteiger partial charge in [0.05, 0.1) is 17.7 Å². The van der Waals surface area contributed by atoms with Crippen LogP contribution in [0.2, 0.25) is 0 Å². The van der Waals surface area contributed by atoms with Gasteiger partial charge in [0.2, 0.25) is 0 Å². The molecule has 4 rings (SSSR count). The molecule has 1 saturated heterocycles. The number of likely N-dealkylation sites (tertiary alicyclic amines) is 1. The third kappa shape index (κ3) is 5.29. The Bertz CT molecular complexity index is 1170. The molecule has 34 heavy (non-hydrogen) atoms. The summed E-state index contributed by atoms with van der Waals surface area (Å²) in [5.74, 6) is 0.990. The Morgan fingerprint density at radius 1 is 0.941 bits per heavy atom. The average Bonchev–Trinajstić information content (AvgIpc) is 2.88. The Morgan fingerprint density at radius 3 is 2.15 bits per heavy atom. The Labute approximate surface area is 204 Å². The first-order valence-electron chi connectivity index (χ1n) is 12.0. The van der Waals surface area contributed by atoms with Crippen molar-refractivity contribution < 1.29 is 13.2 Å². The van der Waals surface area contributed by atoms with Crippen LogP contribution in [0, 0.1) is 5.92 Å². The van der Waals surface area contributed by atoms with E-state index >= 15 is 0 Å². The summed E-state index contributed by atoms with van der Waals surface area (Å²) in [6.07, 6.45) is 1.96. The molecule has 0 aliphatic carbocycles. The van der Waals surface area contributed by atoms with Crippen molar-refractivity contribution in [1.82, 2.24) is 4.90 Å². The molecule has 3 aromatic rings. The van der Waals surface area contributed by atoms with Crippen molar-refractivity contribution in [3.63, 3.8) is 0 Å². The van der Waals surface area contributed by atoms with E-state index in [1.54, 1.807) is 35.7 Å². The molecule has 0 unspecified atom stereocenters. The molecule has 1 aliphatic rings. The number of hydrogen-bond donors (Lipinski definition) is 0. The lowest BCUT2D eigenvalue weighted by Gasteiger charge is -2.37. The van der Waals surface area contributed by atoms with Crippen molar-refractivity contribution in [2.45, 2.75) is 37.6 Å². The van der Waals surface area contributed by atoms with Crippen LogP contribution in [-0.4, -0.2) is 46.1 Å². The molecule has 1 heterocycles. The molecule has 1 aliphatic heterocycles. The summed E-state index contributed by atoms with van der Waals surface area (Å²) in [7, 11) is -2.12. The minimum absolute atomic E-state index is 0.291. The van der Waals surface area contributed by atoms with Crippen LogP contribution >= 0.6 is 0 Å². The fraction of sp³-hybridized carbons (Fsp3) is 0.357. The molecule has 0 aromatic heterocycles. The molecular formula is C28H34N2O3S. The first kappa shape index (κ1) is 24.3. The van der Waals surface area contributed by atoms with Crippen molar-refractivity contribution in [1.29, 1.82) is 0 Å². The van der Waals surface area contributed by atoms with Crippen LogP contribution in [0.1, 0.15) is 26.7 Å². The number of piperidine rings is 1. The van der Waals surface area contributed by atoms with Crippen molar-refractivity contribution in [3.8, 4) is 16.9 Å². The summed E-state index contributed by atoms with van der Waals surface area (Å²) in [6, 6.07) is 24.8. The van der Waals surface area contributed by atoms with Gasteiger partial charge in [0.1, 0.15) is 5.75 Å². The zero-order chi connectivity index (χ0) is 24.1. The summed E-state index contributed by atoms with van der Waals surface area (Å²) in [5, 5.41) is 0. The number of benzene rings is 3. The second-order valence-electron chi connectivity index (χ2n) is 9.17. The van der Waals surface area contributed by atoms with E-state index in [4.69, 9.17) is 4.74 Å². The van der Waals surface area contributed by atoms with Crippen molar-refractivity contribution in [2.24, 2.45) is 5.92 Å². The van der Waals surface area contributed by atoms with Gasteiger partial charge in [-0.05, 0) is 81.6 Å². The highest BCUT2D eigenvalue weighted by Gasteiger charge is 2.31. The second kappa shape index (κ2) is 10.6. The Hall–Kier alpha value is -2.83. The molecule has 0 saturated carbocycles. The van der Waals surface area contributed by atoms with Gasteiger partial charge in [0.25, 0.3) is 10.0 Å². The maximum Gasteiger partial charge on any atom is 0.264 e. The normalized spacial score (nSPS) is 15.4. The molecule has 5 nitrogen and oxygen atoms in total. The number of nitrogens with zero attached hydrogens (tertiary/aromatic N) is 2. The van der Waals surface area contributed by atoms with E-state index in [0.29, 0.717) is 34.8 Å². The highest BCUT2D eigenvalue weighted by atomic mass is 32.2. The van der Waals surface area contributed by atoms with Gasteiger partial charge in [0.15, 0.2) is 0 Å². The lowest BCUT2D eigenvalue weighted by molar-refractivity contribution is 0.152. The zero-order valence-electron chi connectivity index (χ0n) is 20.2. The number of ether oxygens (including phenoxy) is 1. The van der Waals surface area contributed by atoms with Crippen LogP contribution in [0.4, 0.5) is 5.69 Å². The number of methoxy groups -OCH3 is 1. The average molecular weight is 479 g/mol. The predicted molar refractivity (Wildman–Crippen MR) is 139 cm³/mol. The van der Waals surface area contributed by atoms with Gasteiger partial charge in [0, 0.05) is 18.2 Å². The SMILES string of the molecule is COc1ccc(N(CC2CCN(C(C)C)CC2)S(=O)(=O)c2ccccc2)c(-c2ccccc2)c1. The van der Waals surface area contributed by atoms with Crippen molar-refractivity contribution in [3.05, 3.63) is 78.9 Å². The number of sulfonamides is 1. The first-order valence-corrected chi connectivity index (χ1v) is 13.4. The van der Waals surface area contributed by atoms with Gasteiger partial charge < -0.3 is 9.64 Å². The maximum absolute atomic E-state index is 14.0. The van der Waals surface area contributed by atoms with Gasteiger partial charge in [-0.3, -0.25) is 4.31 Å². The molecule has 0 radical (unpaired) electrons. The third-order valence-electron chi connectivity index (χ3n) is 6.69. The predicted octanol–water partition coefficient (Wildman–Crippen LogP) is 5.68. The van der Waals surface area contributed by atoms with E-state index in [0.717, 1.165) is 37.1 Å². The smallest absolute Gasteiger partial charge is 0.264 e. The molecule has 180 valence electrons. The lowest BCUT2D eigenvalue weighted by Crippen LogP contribution is -2.43. The van der Waals surface area contributed by atoms with Crippen LogP contribution < -0.4 is 9.04 Å². The zero-order valence-corrected chi connectivity index (χ0v) is 21.0. The van der Waals surface area contributed by atoms with E-state index in [1.807, 2.05) is 54.6 Å². The van der Waals surface area contributed by atoms with Gasteiger partial charge in [-0.1, -0.05) is 48.5 Å². The maximum atomic E-state index is 14.0. The van der Waals surface area contributed by atoms with E-state index < -0.39 is 10.0 Å². The summed E-state index contributed by atoms with van der Waals surface area (Å²) in [4.78, 5) is 2.78. The minimum atomic E-state index is -3.75. The summed E-state index contributed by atoms with van der Waals surface area (Å²) >= 11 is 0. The summed E-state index contributed by atoms with van der Waals surface area (Å²) in [5.41, 5.74) is 2.49. The van der Waals surface area contributed by atoms with Crippen LogP contribution in [0.5, 0.6) is 5.75 Å². The molecule has 0 atom stereocenters. The van der Waals surface area contributed by atoms with Crippen LogP contribution in [0.15, 0.2) is 83.8 Å². The second-order valence-corrected chi connectivity index (χ2v) is 11.0. The Morgan fingerprint density at radius 2 is 1.56 bits per heavy atom. The largest absolute Gasteiger partial charge is 0.497 e. The Kier molecular flexibility index (Phi) is 7.59. The Balaban J connectivity index is 1.78. The molecular weight excluding hydrogens is 444 g/mol. The van der Waals surface area contributed by atoms with Crippen LogP contribution in [-0.2, 0) is 10.0 Å². The molecule has 0 spiro atoms. The fourth-order valence-electron chi connectivity index (χ4n) is 4.64. The molecule has 0 bridgehead atoms. The molecule has 6 heteroatoms. The highest BCUT2D eigenvalue weighted by molar-refractivity contribution is 7.92. The molecule has 3 aromatic carbocycles. The minimum Gasteiger partial charge on any atom is -0.497 e. The number of anilines is 1. The van der Waals surface area contributed by atoms with Gasteiger partial charge in [-0.15, -0.1) is 0 Å². The van der Waals surface area contributed by atoms with E-state index in [-0.39, 0.29) is 0 Å². The molecule has 1 fully saturated rings. The topological polar surface area (TPSA) is 49.9 Å². The highest BCUT2D eigenvalue weighted by Crippen LogP contribution is 2.38. The fourth-order valence-corrected chi connectivity index (χ4v) is 6.22. The molecule has 0 N–H and O–H groups in total. The van der Waals surface area contributed by atoms with Crippen LogP contribution in [0.25, 0.3) is 11.1 Å². The summed E-state index contributed by atoms with van der Waals surface area (Å²) in [6.45, 7) is 6.88. The van der Waals surface area contributed by atoms with E-state index in [1.165, 1.54) is 0 Å². The van der Waals surface area contributed by atoms with Crippen molar-refractivity contribution >= 4 is 15.7 Å². The third-order valence-corrected chi connectivity index (χ3v) is 8.49. The van der Waals surface area contributed by atoms with Gasteiger partial charge in [-0.2, -0.15) is 0 Å². The lowest BCUT2D eigenvalue weighted by atomic mass is 9.95. The van der Waals surface area contributed by atoms with Gasteiger partial charge >= 0.3 is 0 Å². The number of rotatable bonds is 8. The standard InChI is InChI=1S/C28H34N2O3S/c1-22(2)29-18-16-23(17-19-29)21-30(34(31,32)26-12-8-5-9-13-26)28-15-14-25(33-3)20-27(28)24-10-6-4-7-11-24/h4-15,20,22-23H,16-19,21H2,1-3H3. The molecule has 0 amide bonds. The van der Waals surface area contributed by atoms with Crippen molar-refractivity contribution in [2.75, 3.05) is 31.0 Å².